The third-order valence-electron chi connectivity index (χ3n) is 3.77. The molecule has 0 unspecified atom stereocenters. The average Bonchev–Trinajstić information content (AvgIpc) is 2.68. The highest BCUT2D eigenvalue weighted by Gasteiger charge is 2.21. The summed E-state index contributed by atoms with van der Waals surface area (Å²) in [6.07, 6.45) is 0. The molecular weight excluding hydrogens is 384 g/mol. The Morgan fingerprint density at radius 3 is 2.25 bits per heavy atom. The molecule has 0 radical (unpaired) electrons. The van der Waals surface area contributed by atoms with Crippen molar-refractivity contribution in [3.8, 4) is 17.2 Å². The molecule has 0 heterocycles. The predicted molar refractivity (Wildman–Crippen MR) is 106 cm³/mol. The van der Waals surface area contributed by atoms with Gasteiger partial charge in [0.25, 0.3) is 5.91 Å². The summed E-state index contributed by atoms with van der Waals surface area (Å²) in [6.45, 7) is 3.94. The first-order valence-electron chi connectivity index (χ1n) is 8.66. The van der Waals surface area contributed by atoms with Gasteiger partial charge in [0.2, 0.25) is 10.0 Å². The van der Waals surface area contributed by atoms with E-state index in [1.807, 2.05) is 0 Å². The van der Waals surface area contributed by atoms with Gasteiger partial charge in [0.1, 0.15) is 10.6 Å². The van der Waals surface area contributed by atoms with Crippen molar-refractivity contribution in [3.05, 3.63) is 42.0 Å². The van der Waals surface area contributed by atoms with Crippen molar-refractivity contribution < 1.29 is 27.4 Å². The normalized spacial score (nSPS) is 11.0. The molecule has 0 fully saturated rings. The van der Waals surface area contributed by atoms with E-state index in [0.717, 1.165) is 0 Å². The van der Waals surface area contributed by atoms with Crippen molar-refractivity contribution in [1.82, 2.24) is 4.72 Å². The van der Waals surface area contributed by atoms with Crippen LogP contribution in [0.4, 0.5) is 5.69 Å². The molecule has 0 bridgehead atoms. The van der Waals surface area contributed by atoms with Gasteiger partial charge in [-0.25, -0.2) is 13.1 Å². The first kappa shape index (κ1) is 21.5. The van der Waals surface area contributed by atoms with Gasteiger partial charge in [-0.15, -0.1) is 0 Å². The molecule has 2 rings (SSSR count). The maximum absolute atomic E-state index is 12.6. The molecule has 28 heavy (non-hydrogen) atoms. The van der Waals surface area contributed by atoms with Crippen LogP contribution >= 0.6 is 0 Å². The number of hydrogen-bond donors (Lipinski definition) is 2. The zero-order chi connectivity index (χ0) is 20.7. The largest absolute Gasteiger partial charge is 0.493 e. The zero-order valence-corrected chi connectivity index (χ0v) is 17.1. The number of rotatable bonds is 9. The van der Waals surface area contributed by atoms with Crippen LogP contribution in [0.1, 0.15) is 24.2 Å². The first-order valence-corrected chi connectivity index (χ1v) is 10.1. The highest BCUT2D eigenvalue weighted by molar-refractivity contribution is 7.89. The Labute approximate surface area is 164 Å². The zero-order valence-electron chi connectivity index (χ0n) is 16.2. The topological polar surface area (TPSA) is 103 Å². The Morgan fingerprint density at radius 2 is 1.64 bits per heavy atom. The predicted octanol–water partition coefficient (Wildman–Crippen LogP) is 2.65. The number of carbonyl (C=O) groups excluding carboxylic acids is 1. The van der Waals surface area contributed by atoms with Crippen LogP contribution in [0, 0.1) is 0 Å². The Hall–Kier alpha value is -2.78. The van der Waals surface area contributed by atoms with Crippen LogP contribution in [-0.2, 0) is 10.0 Å². The second-order valence-electron chi connectivity index (χ2n) is 5.62. The first-order chi connectivity index (χ1) is 13.4. The minimum atomic E-state index is -3.80. The van der Waals surface area contributed by atoms with Crippen LogP contribution in [0.2, 0.25) is 0 Å². The molecule has 2 aromatic rings. The van der Waals surface area contributed by atoms with Crippen molar-refractivity contribution in [2.75, 3.05) is 32.7 Å². The molecule has 2 aromatic carbocycles. The highest BCUT2D eigenvalue weighted by Crippen LogP contribution is 2.30. The summed E-state index contributed by atoms with van der Waals surface area (Å²) < 4.78 is 43.1. The maximum Gasteiger partial charge on any atom is 0.255 e. The van der Waals surface area contributed by atoms with E-state index in [1.165, 1.54) is 32.4 Å². The van der Waals surface area contributed by atoms with Gasteiger partial charge in [0, 0.05) is 23.9 Å². The third-order valence-corrected chi connectivity index (χ3v) is 5.34. The molecule has 0 saturated heterocycles. The summed E-state index contributed by atoms with van der Waals surface area (Å²) in [7, 11) is -0.793. The van der Waals surface area contributed by atoms with Crippen molar-refractivity contribution in [2.45, 2.75) is 18.7 Å². The second-order valence-corrected chi connectivity index (χ2v) is 7.36. The van der Waals surface area contributed by atoms with Gasteiger partial charge in [-0.2, -0.15) is 0 Å². The lowest BCUT2D eigenvalue weighted by Gasteiger charge is -2.14. The summed E-state index contributed by atoms with van der Waals surface area (Å²) in [6, 6.07) is 9.20. The molecular formula is C19H24N2O6S. The molecule has 0 aliphatic rings. The monoisotopic (exact) mass is 408 g/mol. The Morgan fingerprint density at radius 1 is 0.964 bits per heavy atom. The fraction of sp³-hybridized carbons (Fsp3) is 0.316. The van der Waals surface area contributed by atoms with Crippen LogP contribution in [0.3, 0.4) is 0 Å². The molecule has 9 heteroatoms. The van der Waals surface area contributed by atoms with E-state index < -0.39 is 15.9 Å². The van der Waals surface area contributed by atoms with Crippen molar-refractivity contribution in [1.29, 1.82) is 0 Å². The van der Waals surface area contributed by atoms with Gasteiger partial charge in [0.05, 0.1) is 20.8 Å². The van der Waals surface area contributed by atoms with Gasteiger partial charge in [-0.05, 0) is 37.3 Å². The SMILES string of the molecule is CCNS(=O)(=O)c1cc(C(=O)Nc2ccc(OC)c(OC)c2)ccc1OCC. The summed E-state index contributed by atoms with van der Waals surface area (Å²) in [5.41, 5.74) is 0.655. The fourth-order valence-electron chi connectivity index (χ4n) is 2.52. The fourth-order valence-corrected chi connectivity index (χ4v) is 3.73. The number of sulfonamides is 1. The van der Waals surface area contributed by atoms with E-state index in [2.05, 4.69) is 10.0 Å². The molecule has 8 nitrogen and oxygen atoms in total. The summed E-state index contributed by atoms with van der Waals surface area (Å²) in [5.74, 6) is 0.706. The van der Waals surface area contributed by atoms with Crippen LogP contribution < -0.4 is 24.2 Å². The highest BCUT2D eigenvalue weighted by atomic mass is 32.2. The Bertz CT molecular complexity index is 943. The van der Waals surface area contributed by atoms with E-state index in [-0.39, 0.29) is 22.8 Å². The lowest BCUT2D eigenvalue weighted by atomic mass is 10.2. The molecule has 0 aliphatic heterocycles. The number of amides is 1. The van der Waals surface area contributed by atoms with Crippen LogP contribution in [-0.4, -0.2) is 41.7 Å². The van der Waals surface area contributed by atoms with E-state index in [1.54, 1.807) is 32.0 Å². The van der Waals surface area contributed by atoms with Crippen molar-refractivity contribution in [2.24, 2.45) is 0 Å². The van der Waals surface area contributed by atoms with E-state index in [4.69, 9.17) is 14.2 Å². The molecule has 1 amide bonds. The number of benzene rings is 2. The third kappa shape index (κ3) is 4.93. The minimum absolute atomic E-state index is 0.0869. The van der Waals surface area contributed by atoms with Crippen LogP contribution in [0.5, 0.6) is 17.2 Å². The van der Waals surface area contributed by atoms with Crippen LogP contribution in [0.15, 0.2) is 41.3 Å². The van der Waals surface area contributed by atoms with Crippen molar-refractivity contribution >= 4 is 21.6 Å². The lowest BCUT2D eigenvalue weighted by molar-refractivity contribution is 0.102. The summed E-state index contributed by atoms with van der Waals surface area (Å²) in [4.78, 5) is 12.5. The number of nitrogens with one attached hydrogen (secondary N) is 2. The number of ether oxygens (including phenoxy) is 3. The number of anilines is 1. The van der Waals surface area contributed by atoms with Gasteiger partial charge in [-0.3, -0.25) is 4.79 Å². The summed E-state index contributed by atoms with van der Waals surface area (Å²) >= 11 is 0. The molecule has 0 aliphatic carbocycles. The number of hydrogen-bond acceptors (Lipinski definition) is 6. The Kier molecular flexibility index (Phi) is 7.24. The smallest absolute Gasteiger partial charge is 0.255 e. The molecule has 0 atom stereocenters. The summed E-state index contributed by atoms with van der Waals surface area (Å²) in [5, 5.41) is 2.72. The lowest BCUT2D eigenvalue weighted by Crippen LogP contribution is -2.24. The Balaban J connectivity index is 2.35. The molecule has 0 spiro atoms. The van der Waals surface area contributed by atoms with Crippen LogP contribution in [0.25, 0.3) is 0 Å². The van der Waals surface area contributed by atoms with E-state index in [9.17, 15) is 13.2 Å². The standard InChI is InChI=1S/C19H24N2O6S/c1-5-20-28(23,24)18-11-13(7-9-16(18)27-6-2)19(22)21-14-8-10-15(25-3)17(12-14)26-4/h7-12,20H,5-6H2,1-4H3,(H,21,22). The minimum Gasteiger partial charge on any atom is -0.493 e. The molecule has 152 valence electrons. The number of carbonyl (C=O) groups is 1. The number of methoxy groups -OCH3 is 2. The van der Waals surface area contributed by atoms with Gasteiger partial charge >= 0.3 is 0 Å². The molecule has 2 N–H and O–H groups in total. The van der Waals surface area contributed by atoms with Gasteiger partial charge in [0.15, 0.2) is 11.5 Å². The average molecular weight is 408 g/mol. The van der Waals surface area contributed by atoms with Crippen molar-refractivity contribution in [3.63, 3.8) is 0 Å². The second kappa shape index (κ2) is 9.43. The molecule has 0 aromatic heterocycles. The molecule has 0 saturated carbocycles. The van der Waals surface area contributed by atoms with E-state index >= 15 is 0 Å². The van der Waals surface area contributed by atoms with Gasteiger partial charge in [-0.1, -0.05) is 6.92 Å². The quantitative estimate of drug-likeness (QED) is 0.661. The van der Waals surface area contributed by atoms with Gasteiger partial charge < -0.3 is 19.5 Å². The van der Waals surface area contributed by atoms with E-state index in [0.29, 0.717) is 23.8 Å². The maximum atomic E-state index is 12.6.